The SMILES string of the molecule is CCCCCCCCCCCCCCCC(=O)NCCOCCOCC(=O)NCC(=O)N[C@H](C(=O)N[C@@H](CCC(N)=O)C(=O)N[C@@H](Cc1cnc[nH]1)C(=O)N[C@@H](CO)C(=O)N[C@@H](CCCC)C(N)=O)[C@@H](C)O. The average molecular weight is 1020 g/mol. The smallest absolute Gasteiger partial charge is 0.246 e. The van der Waals surface area contributed by atoms with E-state index in [1.54, 1.807) is 0 Å². The third kappa shape index (κ3) is 30.9. The van der Waals surface area contributed by atoms with Crippen LogP contribution in [0.3, 0.4) is 0 Å². The molecule has 0 aliphatic heterocycles. The number of primary amides is 2. The van der Waals surface area contributed by atoms with Gasteiger partial charge in [-0.15, -0.1) is 0 Å². The number of carbonyl (C=O) groups is 9. The van der Waals surface area contributed by atoms with Gasteiger partial charge in [0, 0.05) is 37.7 Å². The topological polar surface area (TPSA) is 377 Å². The van der Waals surface area contributed by atoms with Crippen molar-refractivity contribution in [3.8, 4) is 0 Å². The first-order chi connectivity index (χ1) is 34.5. The molecule has 410 valence electrons. The van der Waals surface area contributed by atoms with Crippen LogP contribution < -0.4 is 48.7 Å². The molecule has 0 aromatic carbocycles. The molecule has 24 nitrogen and oxygen atoms in total. The molecule has 0 saturated heterocycles. The number of ether oxygens (including phenoxy) is 2. The summed E-state index contributed by atoms with van der Waals surface area (Å²) >= 11 is 0. The first kappa shape index (κ1) is 64.3. The number of aromatic amines is 1. The number of aliphatic hydroxyl groups excluding tert-OH is 2. The maximum Gasteiger partial charge on any atom is 0.246 e. The molecule has 14 N–H and O–H groups in total. The molecule has 72 heavy (non-hydrogen) atoms. The van der Waals surface area contributed by atoms with Crippen LogP contribution in [0.2, 0.25) is 0 Å². The zero-order valence-electron chi connectivity index (χ0n) is 42.7. The molecule has 0 aliphatic rings. The van der Waals surface area contributed by atoms with E-state index < -0.39 is 116 Å². The van der Waals surface area contributed by atoms with E-state index >= 15 is 0 Å². The molecule has 1 aromatic heterocycles. The molecule has 1 rings (SSSR count). The number of nitrogens with one attached hydrogen (secondary N) is 8. The van der Waals surface area contributed by atoms with Crippen LogP contribution in [0.4, 0.5) is 0 Å². The number of carbonyl (C=O) groups excluding carboxylic acids is 9. The Morgan fingerprint density at radius 1 is 0.611 bits per heavy atom. The maximum absolute atomic E-state index is 13.7. The standard InChI is InChI=1S/C48H85N11O13/c1-4-6-8-9-10-11-12-13-14-15-16-17-18-20-40(63)52-23-24-71-25-26-72-31-42(65)53-29-41(64)59-43(33(3)61)48(70)56-36(21-22-39(49)62)45(67)57-37(27-34-28-51-32-54-34)46(68)58-38(30-60)47(69)55-35(44(50)66)19-7-5-2/h28,32-33,35-38,43,60-61H,4-27,29-31H2,1-3H3,(H2,49,62)(H2,50,66)(H,51,54)(H,52,63)(H,53,65)(H,55,69)(H,56,70)(H,57,67)(H,58,68)(H,59,64)/t33-,35+,36+,37+,38+,43+/m1/s1. The molecule has 0 saturated carbocycles. The fourth-order valence-corrected chi connectivity index (χ4v) is 7.25. The number of amides is 9. The fourth-order valence-electron chi connectivity index (χ4n) is 7.25. The number of hydrogen-bond acceptors (Lipinski definition) is 14. The number of unbranched alkanes of at least 4 members (excludes halogenated alkanes) is 13. The lowest BCUT2D eigenvalue weighted by Crippen LogP contribution is -2.61. The van der Waals surface area contributed by atoms with E-state index in [9.17, 15) is 53.4 Å². The molecule has 1 heterocycles. The van der Waals surface area contributed by atoms with Gasteiger partial charge in [0.2, 0.25) is 53.2 Å². The van der Waals surface area contributed by atoms with Crippen molar-refractivity contribution in [3.05, 3.63) is 18.2 Å². The Balaban J connectivity index is 2.59. The van der Waals surface area contributed by atoms with Crippen LogP contribution in [-0.4, -0.2) is 156 Å². The normalized spacial score (nSPS) is 13.6. The Morgan fingerprint density at radius 3 is 1.74 bits per heavy atom. The second-order valence-electron chi connectivity index (χ2n) is 17.8. The predicted molar refractivity (Wildman–Crippen MR) is 266 cm³/mol. The van der Waals surface area contributed by atoms with Crippen molar-refractivity contribution in [3.63, 3.8) is 0 Å². The van der Waals surface area contributed by atoms with Gasteiger partial charge in [0.1, 0.15) is 36.8 Å². The summed E-state index contributed by atoms with van der Waals surface area (Å²) in [4.78, 5) is 121. The van der Waals surface area contributed by atoms with Crippen LogP contribution in [0.5, 0.6) is 0 Å². The minimum absolute atomic E-state index is 0.0262. The minimum Gasteiger partial charge on any atom is -0.394 e. The van der Waals surface area contributed by atoms with Gasteiger partial charge in [0.25, 0.3) is 0 Å². The van der Waals surface area contributed by atoms with Crippen molar-refractivity contribution in [2.75, 3.05) is 46.1 Å². The van der Waals surface area contributed by atoms with Crippen molar-refractivity contribution in [2.45, 2.75) is 186 Å². The van der Waals surface area contributed by atoms with Gasteiger partial charge < -0.3 is 73.4 Å². The summed E-state index contributed by atoms with van der Waals surface area (Å²) in [5, 5.41) is 37.4. The van der Waals surface area contributed by atoms with Gasteiger partial charge in [-0.25, -0.2) is 4.98 Å². The summed E-state index contributed by atoms with van der Waals surface area (Å²) in [6.07, 6.45) is 18.1. The quantitative estimate of drug-likeness (QED) is 0.0365. The molecule has 0 unspecified atom stereocenters. The van der Waals surface area contributed by atoms with Crippen LogP contribution >= 0.6 is 0 Å². The van der Waals surface area contributed by atoms with Gasteiger partial charge in [-0.3, -0.25) is 43.2 Å². The van der Waals surface area contributed by atoms with E-state index in [1.165, 1.54) is 83.7 Å². The van der Waals surface area contributed by atoms with Gasteiger partial charge in [-0.2, -0.15) is 0 Å². The number of H-pyrrole nitrogens is 1. The molecular formula is C48H85N11O13. The maximum atomic E-state index is 13.7. The number of hydrogen-bond donors (Lipinski definition) is 12. The summed E-state index contributed by atoms with van der Waals surface area (Å²) in [7, 11) is 0. The van der Waals surface area contributed by atoms with Crippen molar-refractivity contribution < 1.29 is 62.8 Å². The number of aromatic nitrogens is 2. The van der Waals surface area contributed by atoms with E-state index in [2.05, 4.69) is 54.1 Å². The minimum atomic E-state index is -1.68. The molecule has 6 atom stereocenters. The molecule has 0 aliphatic carbocycles. The summed E-state index contributed by atoms with van der Waals surface area (Å²) in [6.45, 7) is 4.12. The highest BCUT2D eigenvalue weighted by molar-refractivity contribution is 5.97. The van der Waals surface area contributed by atoms with Crippen LogP contribution in [-0.2, 0) is 59.0 Å². The highest BCUT2D eigenvalue weighted by atomic mass is 16.5. The van der Waals surface area contributed by atoms with E-state index in [-0.39, 0.29) is 38.6 Å². The second-order valence-corrected chi connectivity index (χ2v) is 17.8. The van der Waals surface area contributed by atoms with Gasteiger partial charge in [-0.1, -0.05) is 104 Å². The molecule has 24 heteroatoms. The predicted octanol–water partition coefficient (Wildman–Crippen LogP) is -0.563. The third-order valence-electron chi connectivity index (χ3n) is 11.5. The van der Waals surface area contributed by atoms with E-state index in [0.29, 0.717) is 31.5 Å². The van der Waals surface area contributed by atoms with Gasteiger partial charge in [-0.05, 0) is 26.2 Å². The van der Waals surface area contributed by atoms with Gasteiger partial charge in [0.15, 0.2) is 0 Å². The highest BCUT2D eigenvalue weighted by Gasteiger charge is 2.34. The third-order valence-corrected chi connectivity index (χ3v) is 11.5. The van der Waals surface area contributed by atoms with Crippen molar-refractivity contribution in [1.82, 2.24) is 47.2 Å². The van der Waals surface area contributed by atoms with E-state index in [0.717, 1.165) is 19.3 Å². The number of aliphatic hydroxyl groups is 2. The molecule has 9 amide bonds. The molecule has 0 fully saturated rings. The van der Waals surface area contributed by atoms with Crippen molar-refractivity contribution >= 4 is 53.2 Å². The Labute approximate surface area is 423 Å². The Morgan fingerprint density at radius 2 is 1.17 bits per heavy atom. The Bertz CT molecular complexity index is 1750. The first-order valence-electron chi connectivity index (χ1n) is 25.6. The summed E-state index contributed by atoms with van der Waals surface area (Å²) < 4.78 is 10.7. The van der Waals surface area contributed by atoms with Crippen LogP contribution in [0.15, 0.2) is 12.5 Å². The lowest BCUT2D eigenvalue weighted by Gasteiger charge is -2.27. The number of nitrogens with two attached hydrogens (primary N) is 2. The van der Waals surface area contributed by atoms with Crippen LogP contribution in [0.25, 0.3) is 0 Å². The molecule has 0 radical (unpaired) electrons. The molecule has 0 spiro atoms. The van der Waals surface area contributed by atoms with E-state index in [4.69, 9.17) is 20.9 Å². The lowest BCUT2D eigenvalue weighted by atomic mass is 10.0. The van der Waals surface area contributed by atoms with Crippen molar-refractivity contribution in [1.29, 1.82) is 0 Å². The molecule has 1 aromatic rings. The molecular weight excluding hydrogens is 939 g/mol. The average Bonchev–Trinajstić information content (AvgIpc) is 3.86. The fraction of sp³-hybridized carbons (Fsp3) is 0.750. The van der Waals surface area contributed by atoms with Crippen molar-refractivity contribution in [2.24, 2.45) is 11.5 Å². The van der Waals surface area contributed by atoms with Crippen LogP contribution in [0, 0.1) is 0 Å². The van der Waals surface area contributed by atoms with Crippen LogP contribution in [0.1, 0.15) is 148 Å². The largest absolute Gasteiger partial charge is 0.394 e. The Hall–Kier alpha value is -5.72. The Kier molecular flexibility index (Phi) is 35.6. The number of nitrogens with zero attached hydrogens (tertiary/aromatic N) is 1. The highest BCUT2D eigenvalue weighted by Crippen LogP contribution is 2.13. The summed E-state index contributed by atoms with van der Waals surface area (Å²) in [6, 6.07) is -7.41. The summed E-state index contributed by atoms with van der Waals surface area (Å²) in [5.41, 5.74) is 11.1. The van der Waals surface area contributed by atoms with Gasteiger partial charge in [0.05, 0.1) is 45.4 Å². The number of rotatable bonds is 44. The van der Waals surface area contributed by atoms with Gasteiger partial charge >= 0.3 is 0 Å². The lowest BCUT2D eigenvalue weighted by molar-refractivity contribution is -0.136. The molecule has 0 bridgehead atoms. The zero-order valence-corrected chi connectivity index (χ0v) is 42.7. The monoisotopic (exact) mass is 1020 g/mol. The zero-order chi connectivity index (χ0) is 53.5. The summed E-state index contributed by atoms with van der Waals surface area (Å²) in [5.74, 6) is -7.25. The first-order valence-corrected chi connectivity index (χ1v) is 25.6. The number of imidazole rings is 1. The van der Waals surface area contributed by atoms with E-state index in [1.807, 2.05) is 6.92 Å². The second kappa shape index (κ2) is 39.8.